The lowest BCUT2D eigenvalue weighted by Crippen LogP contribution is -2.31. The molecule has 4 heteroatoms. The van der Waals surface area contributed by atoms with Crippen LogP contribution in [-0.4, -0.2) is 11.7 Å². The second-order valence-electron chi connectivity index (χ2n) is 5.30. The molecule has 0 fully saturated rings. The Hall–Kier alpha value is -1.46. The van der Waals surface area contributed by atoms with Crippen LogP contribution in [0.25, 0.3) is 0 Å². The summed E-state index contributed by atoms with van der Waals surface area (Å²) < 4.78 is 0. The van der Waals surface area contributed by atoms with Crippen molar-refractivity contribution in [1.82, 2.24) is 5.32 Å². The summed E-state index contributed by atoms with van der Waals surface area (Å²) in [5.74, 6) is 0. The van der Waals surface area contributed by atoms with Crippen LogP contribution in [0.2, 0.25) is 0 Å². The van der Waals surface area contributed by atoms with Crippen LogP contribution in [-0.2, 0) is 12.1 Å². The molecule has 0 aliphatic rings. The van der Waals surface area contributed by atoms with E-state index in [4.69, 9.17) is 0 Å². The molecule has 0 amide bonds. The van der Waals surface area contributed by atoms with Crippen LogP contribution in [0, 0.1) is 0 Å². The first-order chi connectivity index (χ1) is 10.8. The standard InChI is InChI=1S/C18H19NOS2/c20-18(16-6-10-21-13-16,17-7-11-22-14-17)8-9-19-12-15-4-2-1-3-5-15/h1-7,10-11,13-14,19-20H,8-9,12H2. The Kier molecular flexibility index (Phi) is 5.05. The van der Waals surface area contributed by atoms with Gasteiger partial charge in [-0.3, -0.25) is 0 Å². The van der Waals surface area contributed by atoms with Gasteiger partial charge in [0.25, 0.3) is 0 Å². The van der Waals surface area contributed by atoms with Crippen molar-refractivity contribution >= 4 is 22.7 Å². The molecule has 22 heavy (non-hydrogen) atoms. The zero-order valence-electron chi connectivity index (χ0n) is 12.2. The Labute approximate surface area is 139 Å². The number of nitrogens with one attached hydrogen (secondary N) is 1. The molecule has 0 unspecified atom stereocenters. The maximum atomic E-state index is 11.2. The molecule has 2 heterocycles. The SMILES string of the molecule is OC(CCNCc1ccccc1)(c1ccsc1)c1ccsc1. The van der Waals surface area contributed by atoms with Crippen molar-refractivity contribution in [2.75, 3.05) is 6.54 Å². The molecular weight excluding hydrogens is 310 g/mol. The van der Waals surface area contributed by atoms with Gasteiger partial charge < -0.3 is 10.4 Å². The van der Waals surface area contributed by atoms with Crippen LogP contribution in [0.5, 0.6) is 0 Å². The largest absolute Gasteiger partial charge is 0.380 e. The van der Waals surface area contributed by atoms with Crippen molar-refractivity contribution in [1.29, 1.82) is 0 Å². The third-order valence-electron chi connectivity index (χ3n) is 3.83. The van der Waals surface area contributed by atoms with E-state index in [-0.39, 0.29) is 0 Å². The number of hydrogen-bond acceptors (Lipinski definition) is 4. The van der Waals surface area contributed by atoms with E-state index in [1.807, 2.05) is 51.9 Å². The summed E-state index contributed by atoms with van der Waals surface area (Å²) in [6.07, 6.45) is 0.660. The number of benzene rings is 1. The Morgan fingerprint density at radius 2 is 1.55 bits per heavy atom. The van der Waals surface area contributed by atoms with Gasteiger partial charge in [0.15, 0.2) is 0 Å². The maximum absolute atomic E-state index is 11.2. The van der Waals surface area contributed by atoms with Crippen LogP contribution in [0.1, 0.15) is 23.1 Å². The lowest BCUT2D eigenvalue weighted by Gasteiger charge is -2.27. The van der Waals surface area contributed by atoms with Gasteiger partial charge in [-0.25, -0.2) is 0 Å². The summed E-state index contributed by atoms with van der Waals surface area (Å²) in [5, 5.41) is 22.7. The van der Waals surface area contributed by atoms with E-state index in [1.165, 1.54) is 5.56 Å². The molecule has 3 aromatic rings. The van der Waals surface area contributed by atoms with Gasteiger partial charge in [-0.1, -0.05) is 30.3 Å². The molecule has 114 valence electrons. The van der Waals surface area contributed by atoms with Crippen molar-refractivity contribution in [3.63, 3.8) is 0 Å². The first-order valence-corrected chi connectivity index (χ1v) is 9.20. The highest BCUT2D eigenvalue weighted by Crippen LogP contribution is 2.35. The normalized spacial score (nSPS) is 11.7. The summed E-state index contributed by atoms with van der Waals surface area (Å²) in [4.78, 5) is 0. The molecule has 0 radical (unpaired) electrons. The fourth-order valence-electron chi connectivity index (χ4n) is 2.55. The van der Waals surface area contributed by atoms with E-state index in [1.54, 1.807) is 22.7 Å². The smallest absolute Gasteiger partial charge is 0.117 e. The number of thiophene rings is 2. The second kappa shape index (κ2) is 7.20. The van der Waals surface area contributed by atoms with E-state index in [9.17, 15) is 5.11 Å². The molecule has 0 bridgehead atoms. The highest BCUT2D eigenvalue weighted by atomic mass is 32.1. The fourth-order valence-corrected chi connectivity index (χ4v) is 4.00. The van der Waals surface area contributed by atoms with Gasteiger partial charge in [-0.05, 0) is 63.3 Å². The third kappa shape index (κ3) is 3.47. The topological polar surface area (TPSA) is 32.3 Å². The van der Waals surface area contributed by atoms with Crippen LogP contribution in [0.3, 0.4) is 0 Å². The van der Waals surface area contributed by atoms with Crippen molar-refractivity contribution in [2.24, 2.45) is 0 Å². The van der Waals surface area contributed by atoms with E-state index in [0.717, 1.165) is 24.2 Å². The van der Waals surface area contributed by atoms with Crippen LogP contribution in [0.15, 0.2) is 64.0 Å². The average Bonchev–Trinajstić information content (AvgIpc) is 3.26. The molecule has 2 N–H and O–H groups in total. The van der Waals surface area contributed by atoms with Gasteiger partial charge in [0, 0.05) is 6.54 Å². The lowest BCUT2D eigenvalue weighted by molar-refractivity contribution is 0.0719. The molecule has 2 aromatic heterocycles. The van der Waals surface area contributed by atoms with Crippen LogP contribution >= 0.6 is 22.7 Å². The average molecular weight is 329 g/mol. The van der Waals surface area contributed by atoms with Crippen LogP contribution < -0.4 is 5.32 Å². The highest BCUT2D eigenvalue weighted by Gasteiger charge is 2.31. The van der Waals surface area contributed by atoms with Gasteiger partial charge in [0.05, 0.1) is 0 Å². The zero-order valence-corrected chi connectivity index (χ0v) is 13.9. The summed E-state index contributed by atoms with van der Waals surface area (Å²) in [6.45, 7) is 1.58. The molecule has 0 aliphatic heterocycles. The minimum atomic E-state index is -0.899. The predicted molar refractivity (Wildman–Crippen MR) is 94.4 cm³/mol. The van der Waals surface area contributed by atoms with E-state index >= 15 is 0 Å². The number of aliphatic hydroxyl groups is 1. The number of hydrogen-bond donors (Lipinski definition) is 2. The molecule has 1 aromatic carbocycles. The second-order valence-corrected chi connectivity index (χ2v) is 6.86. The number of rotatable bonds is 7. The lowest BCUT2D eigenvalue weighted by atomic mass is 9.87. The van der Waals surface area contributed by atoms with E-state index in [2.05, 4.69) is 17.4 Å². The van der Waals surface area contributed by atoms with Crippen molar-refractivity contribution in [3.05, 3.63) is 80.7 Å². The molecule has 0 spiro atoms. The van der Waals surface area contributed by atoms with E-state index < -0.39 is 5.60 Å². The van der Waals surface area contributed by atoms with Gasteiger partial charge in [-0.2, -0.15) is 22.7 Å². The Bertz CT molecular complexity index is 628. The fraction of sp³-hybridized carbons (Fsp3) is 0.222. The summed E-state index contributed by atoms with van der Waals surface area (Å²) in [7, 11) is 0. The Morgan fingerprint density at radius 3 is 2.09 bits per heavy atom. The monoisotopic (exact) mass is 329 g/mol. The van der Waals surface area contributed by atoms with Crippen LogP contribution in [0.4, 0.5) is 0 Å². The van der Waals surface area contributed by atoms with Gasteiger partial charge in [-0.15, -0.1) is 0 Å². The molecule has 0 aliphatic carbocycles. The first-order valence-electron chi connectivity index (χ1n) is 7.31. The van der Waals surface area contributed by atoms with E-state index in [0.29, 0.717) is 6.42 Å². The highest BCUT2D eigenvalue weighted by molar-refractivity contribution is 7.08. The molecule has 0 atom stereocenters. The zero-order chi connectivity index (χ0) is 15.3. The molecule has 2 nitrogen and oxygen atoms in total. The van der Waals surface area contributed by atoms with Crippen molar-refractivity contribution in [2.45, 2.75) is 18.6 Å². The van der Waals surface area contributed by atoms with Crippen molar-refractivity contribution in [3.8, 4) is 0 Å². The molecule has 0 saturated heterocycles. The van der Waals surface area contributed by atoms with Gasteiger partial charge in [0.2, 0.25) is 0 Å². The quantitative estimate of drug-likeness (QED) is 0.636. The Balaban J connectivity index is 1.64. The summed E-state index contributed by atoms with van der Waals surface area (Å²) >= 11 is 3.25. The Morgan fingerprint density at radius 1 is 0.909 bits per heavy atom. The minimum Gasteiger partial charge on any atom is -0.380 e. The van der Waals surface area contributed by atoms with Crippen molar-refractivity contribution < 1.29 is 5.11 Å². The minimum absolute atomic E-state index is 0.660. The maximum Gasteiger partial charge on any atom is 0.117 e. The third-order valence-corrected chi connectivity index (χ3v) is 5.20. The molecule has 0 saturated carbocycles. The predicted octanol–water partition coefficient (Wildman–Crippen LogP) is 4.23. The van der Waals surface area contributed by atoms with Gasteiger partial charge in [0.1, 0.15) is 5.60 Å². The summed E-state index contributed by atoms with van der Waals surface area (Å²) in [6, 6.07) is 14.4. The molecular formula is C18H19NOS2. The van der Waals surface area contributed by atoms with Gasteiger partial charge >= 0.3 is 0 Å². The first kappa shape index (κ1) is 15.4. The molecule has 3 rings (SSSR count). The summed E-state index contributed by atoms with van der Waals surface area (Å²) in [5.41, 5.74) is 2.33.